The van der Waals surface area contributed by atoms with Crippen molar-refractivity contribution in [1.82, 2.24) is 0 Å². The van der Waals surface area contributed by atoms with E-state index in [0.717, 1.165) is 16.8 Å². The smallest absolute Gasteiger partial charge is 0.335 e. The molecule has 1 aromatic heterocycles. The third-order valence-corrected chi connectivity index (χ3v) is 3.48. The maximum absolute atomic E-state index is 11.2. The van der Waals surface area contributed by atoms with Gasteiger partial charge in [0.05, 0.1) is 17.5 Å². The van der Waals surface area contributed by atoms with Crippen LogP contribution in [0.2, 0.25) is 0 Å². The lowest BCUT2D eigenvalue weighted by Gasteiger charge is -2.03. The van der Waals surface area contributed by atoms with Gasteiger partial charge in [0, 0.05) is 5.56 Å². The highest BCUT2D eigenvalue weighted by Gasteiger charge is 2.10. The second-order valence-electron chi connectivity index (χ2n) is 5.13. The van der Waals surface area contributed by atoms with Crippen LogP contribution in [0, 0.1) is 6.92 Å². The summed E-state index contributed by atoms with van der Waals surface area (Å²) in [7, 11) is 0. The molecule has 1 N–H and O–H groups in total. The average Bonchev–Trinajstić information content (AvgIpc) is 3.03. The Kier molecular flexibility index (Phi) is 4.06. The molecule has 114 valence electrons. The molecule has 0 radical (unpaired) electrons. The Morgan fingerprint density at radius 1 is 1.09 bits per heavy atom. The van der Waals surface area contributed by atoms with E-state index in [9.17, 15) is 9.90 Å². The highest BCUT2D eigenvalue weighted by Crippen LogP contribution is 2.24. The number of aromatic carboxylic acids is 1. The van der Waals surface area contributed by atoms with E-state index in [1.807, 2.05) is 48.5 Å². The van der Waals surface area contributed by atoms with Gasteiger partial charge in [0.1, 0.15) is 11.5 Å². The summed E-state index contributed by atoms with van der Waals surface area (Å²) in [4.78, 5) is 15.5. The Hall–Kier alpha value is -3.14. The molecular formula is C19H15NO3. The second-order valence-corrected chi connectivity index (χ2v) is 5.13. The minimum absolute atomic E-state index is 0.276. The number of aliphatic imine (C=N–C) groups is 1. The van der Waals surface area contributed by atoms with Gasteiger partial charge in [-0.3, -0.25) is 4.99 Å². The molecule has 2 aromatic carbocycles. The summed E-state index contributed by atoms with van der Waals surface area (Å²) in [6.45, 7) is 1.77. The summed E-state index contributed by atoms with van der Waals surface area (Å²) >= 11 is 0. The number of aryl methyl sites for hydroxylation is 1. The number of hydrogen-bond donors (Lipinski definition) is 1. The number of carbonyl (C=O) groups is 1. The first kappa shape index (κ1) is 14.8. The van der Waals surface area contributed by atoms with Crippen molar-refractivity contribution in [3.05, 3.63) is 77.6 Å². The largest absolute Gasteiger partial charge is 0.478 e. The standard InChI is InChI=1S/C19H15NO3/c1-13-7-8-14(11-17(13)19(21)22)18-10-9-16(23-18)12-20-15-5-3-2-4-6-15/h2-12H,1H3,(H,21,22). The van der Waals surface area contributed by atoms with Crippen LogP contribution < -0.4 is 0 Å². The Labute approximate surface area is 133 Å². The van der Waals surface area contributed by atoms with E-state index in [1.165, 1.54) is 0 Å². The zero-order valence-electron chi connectivity index (χ0n) is 12.6. The Morgan fingerprint density at radius 3 is 2.61 bits per heavy atom. The highest BCUT2D eigenvalue weighted by molar-refractivity contribution is 5.91. The molecule has 3 aromatic rings. The van der Waals surface area contributed by atoms with Gasteiger partial charge in [0.15, 0.2) is 0 Å². The van der Waals surface area contributed by atoms with Gasteiger partial charge in [-0.05, 0) is 42.8 Å². The number of rotatable bonds is 4. The number of carboxylic acid groups (broad SMARTS) is 1. The minimum atomic E-state index is -0.943. The monoisotopic (exact) mass is 305 g/mol. The molecule has 1 heterocycles. The molecule has 0 aliphatic heterocycles. The molecule has 23 heavy (non-hydrogen) atoms. The third kappa shape index (κ3) is 3.37. The van der Waals surface area contributed by atoms with Crippen molar-refractivity contribution in [3.8, 4) is 11.3 Å². The summed E-state index contributed by atoms with van der Waals surface area (Å²) < 4.78 is 5.72. The molecule has 0 amide bonds. The molecule has 0 spiro atoms. The third-order valence-electron chi connectivity index (χ3n) is 3.48. The zero-order valence-corrected chi connectivity index (χ0v) is 12.6. The number of hydrogen-bond acceptors (Lipinski definition) is 3. The van der Waals surface area contributed by atoms with Crippen molar-refractivity contribution in [2.45, 2.75) is 6.92 Å². The molecule has 4 nitrogen and oxygen atoms in total. The van der Waals surface area contributed by atoms with Crippen molar-refractivity contribution >= 4 is 17.9 Å². The van der Waals surface area contributed by atoms with Gasteiger partial charge in [-0.2, -0.15) is 0 Å². The van der Waals surface area contributed by atoms with Crippen LogP contribution in [0.25, 0.3) is 11.3 Å². The molecule has 0 aliphatic carbocycles. The SMILES string of the molecule is Cc1ccc(-c2ccc(C=Nc3ccccc3)o2)cc1C(=O)O. The first-order valence-electron chi connectivity index (χ1n) is 7.17. The number of para-hydroxylation sites is 1. The van der Waals surface area contributed by atoms with Gasteiger partial charge in [-0.1, -0.05) is 30.3 Å². The van der Waals surface area contributed by atoms with Crippen molar-refractivity contribution in [2.75, 3.05) is 0 Å². The minimum Gasteiger partial charge on any atom is -0.478 e. The topological polar surface area (TPSA) is 62.8 Å². The van der Waals surface area contributed by atoms with Crippen LogP contribution in [0.1, 0.15) is 21.7 Å². The van der Waals surface area contributed by atoms with Gasteiger partial charge in [0.2, 0.25) is 0 Å². The van der Waals surface area contributed by atoms with E-state index in [0.29, 0.717) is 11.5 Å². The first-order chi connectivity index (χ1) is 11.1. The number of benzene rings is 2. The van der Waals surface area contributed by atoms with Gasteiger partial charge in [-0.15, -0.1) is 0 Å². The average molecular weight is 305 g/mol. The second kappa shape index (κ2) is 6.32. The normalized spacial score (nSPS) is 11.0. The van der Waals surface area contributed by atoms with Crippen LogP contribution in [0.3, 0.4) is 0 Å². The van der Waals surface area contributed by atoms with Gasteiger partial charge in [0.25, 0.3) is 0 Å². The molecule has 0 saturated heterocycles. The van der Waals surface area contributed by atoms with Crippen LogP contribution in [0.4, 0.5) is 5.69 Å². The quantitative estimate of drug-likeness (QED) is 0.710. The Morgan fingerprint density at radius 2 is 1.87 bits per heavy atom. The van der Waals surface area contributed by atoms with Crippen LogP contribution in [-0.4, -0.2) is 17.3 Å². The number of carboxylic acids is 1. The van der Waals surface area contributed by atoms with E-state index >= 15 is 0 Å². The lowest BCUT2D eigenvalue weighted by atomic mass is 10.0. The van der Waals surface area contributed by atoms with Gasteiger partial charge >= 0.3 is 5.97 Å². The number of furan rings is 1. The van der Waals surface area contributed by atoms with Crippen molar-refractivity contribution < 1.29 is 14.3 Å². The summed E-state index contributed by atoms with van der Waals surface area (Å²) in [5, 5.41) is 9.20. The molecule has 0 bridgehead atoms. The summed E-state index contributed by atoms with van der Waals surface area (Å²) in [6, 6.07) is 18.4. The highest BCUT2D eigenvalue weighted by atomic mass is 16.4. The zero-order chi connectivity index (χ0) is 16.2. The maximum atomic E-state index is 11.2. The predicted octanol–water partition coefficient (Wildman–Crippen LogP) is 4.70. The van der Waals surface area contributed by atoms with Crippen molar-refractivity contribution in [2.24, 2.45) is 4.99 Å². The lowest BCUT2D eigenvalue weighted by molar-refractivity contribution is 0.0696. The fourth-order valence-electron chi connectivity index (χ4n) is 2.24. The molecule has 0 atom stereocenters. The van der Waals surface area contributed by atoms with E-state index in [-0.39, 0.29) is 5.56 Å². The van der Waals surface area contributed by atoms with E-state index < -0.39 is 5.97 Å². The Bertz CT molecular complexity index is 863. The molecule has 3 rings (SSSR count). The van der Waals surface area contributed by atoms with Crippen molar-refractivity contribution in [3.63, 3.8) is 0 Å². The first-order valence-corrected chi connectivity index (χ1v) is 7.17. The number of nitrogens with zero attached hydrogens (tertiary/aromatic N) is 1. The molecule has 0 saturated carbocycles. The van der Waals surface area contributed by atoms with Crippen LogP contribution in [0.15, 0.2) is 70.1 Å². The van der Waals surface area contributed by atoms with E-state index in [4.69, 9.17) is 4.42 Å². The van der Waals surface area contributed by atoms with Crippen LogP contribution in [0.5, 0.6) is 0 Å². The van der Waals surface area contributed by atoms with Crippen LogP contribution in [-0.2, 0) is 0 Å². The Balaban J connectivity index is 1.86. The molecule has 4 heteroatoms. The van der Waals surface area contributed by atoms with Crippen LogP contribution >= 0.6 is 0 Å². The summed E-state index contributed by atoms with van der Waals surface area (Å²) in [5.74, 6) is 0.282. The van der Waals surface area contributed by atoms with Crippen molar-refractivity contribution in [1.29, 1.82) is 0 Å². The fourth-order valence-corrected chi connectivity index (χ4v) is 2.24. The summed E-state index contributed by atoms with van der Waals surface area (Å²) in [6.07, 6.45) is 1.64. The van der Waals surface area contributed by atoms with E-state index in [1.54, 1.807) is 25.3 Å². The van der Waals surface area contributed by atoms with Gasteiger partial charge in [-0.25, -0.2) is 4.79 Å². The summed E-state index contributed by atoms with van der Waals surface area (Å²) in [5.41, 5.74) is 2.57. The predicted molar refractivity (Wildman–Crippen MR) is 89.5 cm³/mol. The fraction of sp³-hybridized carbons (Fsp3) is 0.0526. The maximum Gasteiger partial charge on any atom is 0.335 e. The van der Waals surface area contributed by atoms with Gasteiger partial charge < -0.3 is 9.52 Å². The molecule has 0 aliphatic rings. The lowest BCUT2D eigenvalue weighted by Crippen LogP contribution is -1.99. The molecule has 0 unspecified atom stereocenters. The van der Waals surface area contributed by atoms with E-state index in [2.05, 4.69) is 4.99 Å². The molecular weight excluding hydrogens is 290 g/mol. The molecule has 0 fully saturated rings.